The van der Waals surface area contributed by atoms with Gasteiger partial charge in [-0.05, 0) is 0 Å². The van der Waals surface area contributed by atoms with Crippen molar-refractivity contribution in [3.05, 3.63) is 0 Å². The summed E-state index contributed by atoms with van der Waals surface area (Å²) >= 11 is -0.586. The molecule has 26 valence electrons. The summed E-state index contributed by atoms with van der Waals surface area (Å²) in [5.41, 5.74) is 0. The van der Waals surface area contributed by atoms with E-state index in [1.54, 1.807) is 0 Å². The van der Waals surface area contributed by atoms with Gasteiger partial charge in [0, 0.05) is 21.1 Å². The van der Waals surface area contributed by atoms with Crippen LogP contribution in [0.5, 0.6) is 0 Å². The summed E-state index contributed by atoms with van der Waals surface area (Å²) in [6.45, 7) is 0. The number of hydrogen-bond acceptors (Lipinski definition) is 0. The van der Waals surface area contributed by atoms with Gasteiger partial charge in [-0.1, -0.05) is 0 Å². The van der Waals surface area contributed by atoms with Gasteiger partial charge >= 0.3 is 35.3 Å². The summed E-state index contributed by atoms with van der Waals surface area (Å²) in [7, 11) is 9.79. The molecule has 0 heterocycles. The van der Waals surface area contributed by atoms with Crippen molar-refractivity contribution < 1.29 is 37.5 Å². The average molecular weight is 263 g/mol. The van der Waals surface area contributed by atoms with Crippen molar-refractivity contribution in [3.8, 4) is 0 Å². The smallest absolute Gasteiger partial charge is 0 e. The molecule has 0 atom stereocenters. The van der Waals surface area contributed by atoms with Crippen molar-refractivity contribution in [1.29, 1.82) is 0 Å². The van der Waals surface area contributed by atoms with Gasteiger partial charge in [0.05, 0.1) is 0 Å². The van der Waals surface area contributed by atoms with Gasteiger partial charge in [0.1, 0.15) is 0 Å². The van der Waals surface area contributed by atoms with E-state index in [9.17, 15) is 0 Å². The first kappa shape index (κ1) is 9.35. The van der Waals surface area contributed by atoms with Crippen molar-refractivity contribution in [3.63, 3.8) is 0 Å². The fraction of sp³-hybridized carbons (Fsp3) is 0. The summed E-state index contributed by atoms with van der Waals surface area (Å²) < 4.78 is 0. The van der Waals surface area contributed by atoms with Crippen LogP contribution in [0.25, 0.3) is 0 Å². The molecule has 0 aliphatic heterocycles. The second-order valence-corrected chi connectivity index (χ2v) is 3.11. The summed E-state index contributed by atoms with van der Waals surface area (Å²) in [4.78, 5) is 0. The van der Waals surface area contributed by atoms with Gasteiger partial charge in [-0.25, -0.2) is 0 Å². The van der Waals surface area contributed by atoms with E-state index in [1.807, 2.05) is 0 Å². The summed E-state index contributed by atoms with van der Waals surface area (Å²) in [6, 6.07) is 0. The van der Waals surface area contributed by atoms with Gasteiger partial charge in [-0.15, -0.1) is 0 Å². The maximum absolute atomic E-state index is 4.89. The molecule has 0 amide bonds. The molecule has 0 saturated carbocycles. The van der Waals surface area contributed by atoms with Gasteiger partial charge < -0.3 is 0 Å². The van der Waals surface area contributed by atoms with Crippen LogP contribution < -0.4 is 0 Å². The average Bonchev–Trinajstić information content (AvgIpc) is 0.918. The Kier molecular flexibility index (Phi) is 20.7. The van der Waals surface area contributed by atoms with E-state index in [1.165, 1.54) is 0 Å². The molecule has 4 heavy (non-hydrogen) atoms. The molecule has 0 aromatic heterocycles. The van der Waals surface area contributed by atoms with E-state index in [0.29, 0.717) is 0 Å². The van der Waals surface area contributed by atoms with Crippen LogP contribution in [0.2, 0.25) is 0 Å². The van der Waals surface area contributed by atoms with E-state index >= 15 is 0 Å². The van der Waals surface area contributed by atoms with Crippen molar-refractivity contribution in [2.24, 2.45) is 0 Å². The van der Waals surface area contributed by atoms with E-state index in [4.69, 9.17) is 18.8 Å². The van der Waals surface area contributed by atoms with E-state index in [2.05, 4.69) is 0 Å². The maximum atomic E-state index is 4.89. The first-order valence-corrected chi connectivity index (χ1v) is 5.48. The van der Waals surface area contributed by atoms with Crippen molar-refractivity contribution >= 4 is 18.8 Å². The van der Waals surface area contributed by atoms with Crippen LogP contribution in [0.3, 0.4) is 0 Å². The first-order chi connectivity index (χ1) is 1.41. The third-order valence-corrected chi connectivity index (χ3v) is 0. The minimum Gasteiger partial charge on any atom is 0 e. The number of rotatable bonds is 0. The monoisotopic (exact) mass is 266 g/mol. The van der Waals surface area contributed by atoms with E-state index in [-0.39, 0.29) is 21.1 Å². The largest absolute Gasteiger partial charge is 0 e. The molecule has 0 spiro atoms. The zero-order valence-electron chi connectivity index (χ0n) is 1.57. The Morgan fingerprint density at radius 3 is 1.25 bits per heavy atom. The van der Waals surface area contributed by atoms with Crippen LogP contribution in [-0.2, 0) is 37.5 Å². The third-order valence-electron chi connectivity index (χ3n) is 0. The van der Waals surface area contributed by atoms with E-state index in [0.717, 1.165) is 0 Å². The predicted octanol–water partition coefficient (Wildman–Crippen LogP) is 1.37. The summed E-state index contributed by atoms with van der Waals surface area (Å²) in [5, 5.41) is 0. The van der Waals surface area contributed by atoms with Gasteiger partial charge in [0.2, 0.25) is 0 Å². The standard InChI is InChI=1S/2ClH.2Mo/h2*1H;;/q;;;+2/p-2. The fourth-order valence-corrected chi connectivity index (χ4v) is 0. The fourth-order valence-electron chi connectivity index (χ4n) is 0. The molecule has 0 rings (SSSR count). The molecule has 0 fully saturated rings. The van der Waals surface area contributed by atoms with Crippen LogP contribution in [0, 0.1) is 0 Å². The zero-order chi connectivity index (χ0) is 2.71. The van der Waals surface area contributed by atoms with Crippen LogP contribution in [0.4, 0.5) is 0 Å². The van der Waals surface area contributed by atoms with Crippen LogP contribution >= 0.6 is 18.8 Å². The van der Waals surface area contributed by atoms with Crippen LogP contribution in [0.1, 0.15) is 0 Å². The third kappa shape index (κ3) is 9.03. The summed E-state index contributed by atoms with van der Waals surface area (Å²) in [6.07, 6.45) is 0. The second-order valence-electron chi connectivity index (χ2n) is 0.0583. The Hall–Kier alpha value is 1.96. The molecular formula is Cl2Mo2. The molecule has 0 N–H and O–H groups in total. The minimum absolute atomic E-state index is 0. The Bertz CT molecular complexity index is 4.00. The zero-order valence-corrected chi connectivity index (χ0v) is 7.10. The van der Waals surface area contributed by atoms with Crippen LogP contribution in [0.15, 0.2) is 0 Å². The predicted molar refractivity (Wildman–Crippen MR) is 11.7 cm³/mol. The molecule has 0 radical (unpaired) electrons. The van der Waals surface area contributed by atoms with Crippen molar-refractivity contribution in [1.82, 2.24) is 0 Å². The molecule has 0 aromatic carbocycles. The number of hydrogen-bond donors (Lipinski definition) is 0. The molecule has 0 saturated heterocycles. The topological polar surface area (TPSA) is 0 Å². The molecule has 0 aromatic rings. The molecular weight excluding hydrogens is 263 g/mol. The Morgan fingerprint density at radius 2 is 1.25 bits per heavy atom. The second kappa shape index (κ2) is 8.88. The minimum atomic E-state index is -0.586. The molecule has 0 bridgehead atoms. The Morgan fingerprint density at radius 1 is 1.25 bits per heavy atom. The van der Waals surface area contributed by atoms with Gasteiger partial charge in [-0.2, -0.15) is 0 Å². The molecule has 0 aliphatic carbocycles. The molecule has 0 unspecified atom stereocenters. The first-order valence-electron chi connectivity index (χ1n) is 0.309. The van der Waals surface area contributed by atoms with Gasteiger partial charge in [0.25, 0.3) is 0 Å². The normalized spacial score (nSPS) is 4.50. The Labute approximate surface area is 55.9 Å². The quantitative estimate of drug-likeness (QED) is 0.579. The maximum Gasteiger partial charge on any atom is 0 e. The molecule has 0 aliphatic rings. The van der Waals surface area contributed by atoms with Crippen molar-refractivity contribution in [2.45, 2.75) is 0 Å². The van der Waals surface area contributed by atoms with E-state index < -0.39 is 16.5 Å². The Balaban J connectivity index is 0. The molecule has 0 nitrogen and oxygen atoms in total. The molecule has 4 heteroatoms. The van der Waals surface area contributed by atoms with Crippen molar-refractivity contribution in [2.75, 3.05) is 0 Å². The van der Waals surface area contributed by atoms with Crippen LogP contribution in [-0.4, -0.2) is 0 Å². The van der Waals surface area contributed by atoms with Gasteiger partial charge in [0.15, 0.2) is 0 Å². The van der Waals surface area contributed by atoms with Gasteiger partial charge in [-0.3, -0.25) is 0 Å². The summed E-state index contributed by atoms with van der Waals surface area (Å²) in [5.74, 6) is 0. The number of halogens is 2. The SMILES string of the molecule is [Cl][Mo][Cl].[Mo].